The van der Waals surface area contributed by atoms with E-state index in [4.69, 9.17) is 10.2 Å². The van der Waals surface area contributed by atoms with Gasteiger partial charge in [-0.1, -0.05) is 0 Å². The molecule has 2 amide bonds. The summed E-state index contributed by atoms with van der Waals surface area (Å²) >= 11 is 0. The van der Waals surface area contributed by atoms with Crippen LogP contribution in [0.5, 0.6) is 0 Å². The molecule has 0 aromatic rings. The molecule has 0 spiro atoms. The van der Waals surface area contributed by atoms with Crippen LogP contribution in [0.15, 0.2) is 0 Å². The number of hydrogen-bond donors (Lipinski definition) is 4. The van der Waals surface area contributed by atoms with E-state index in [2.05, 4.69) is 0 Å². The molecule has 1 rings (SSSR count). The first-order valence-corrected chi connectivity index (χ1v) is 3.01. The Bertz CT molecular complexity index is 289. The second-order valence-electron chi connectivity index (χ2n) is 2.27. The lowest BCUT2D eigenvalue weighted by atomic mass is 10.2. The molecule has 13 heavy (non-hydrogen) atoms. The summed E-state index contributed by atoms with van der Waals surface area (Å²) in [4.78, 5) is 42.0. The summed E-state index contributed by atoms with van der Waals surface area (Å²) in [7, 11) is 0. The van der Waals surface area contributed by atoms with Crippen LogP contribution >= 0.6 is 0 Å². The van der Waals surface area contributed by atoms with Gasteiger partial charge in [0, 0.05) is 0 Å². The van der Waals surface area contributed by atoms with Crippen molar-refractivity contribution in [3.05, 3.63) is 0 Å². The van der Waals surface area contributed by atoms with E-state index in [9.17, 15) is 19.2 Å². The molecule has 0 radical (unpaired) electrons. The minimum absolute atomic E-state index is 1.29. The molecule has 70 valence electrons. The van der Waals surface area contributed by atoms with Crippen molar-refractivity contribution in [2.45, 2.75) is 5.66 Å². The van der Waals surface area contributed by atoms with Crippen molar-refractivity contribution in [2.24, 2.45) is 0 Å². The molecule has 0 aromatic heterocycles. The van der Waals surface area contributed by atoms with Crippen LogP contribution in [0.2, 0.25) is 0 Å². The third-order valence-corrected chi connectivity index (χ3v) is 1.45. The van der Waals surface area contributed by atoms with Crippen molar-refractivity contribution in [2.75, 3.05) is 0 Å². The van der Waals surface area contributed by atoms with Gasteiger partial charge >= 0.3 is 29.4 Å². The number of nitrogens with one attached hydrogen (secondary N) is 2. The normalized spacial score (nSPS) is 19.1. The highest BCUT2D eigenvalue weighted by atomic mass is 16.4. The quantitative estimate of drug-likeness (QED) is 0.271. The van der Waals surface area contributed by atoms with Gasteiger partial charge in [-0.2, -0.15) is 0 Å². The molecule has 4 N–H and O–H groups in total. The number of hydrogen-bond acceptors (Lipinski definition) is 4. The molecular weight excluding hydrogens is 184 g/mol. The molecule has 1 heterocycles. The van der Waals surface area contributed by atoms with E-state index in [1.807, 2.05) is 0 Å². The Labute approximate surface area is 70.5 Å². The lowest BCUT2D eigenvalue weighted by Gasteiger charge is -2.17. The lowest BCUT2D eigenvalue weighted by molar-refractivity contribution is -0.160. The lowest BCUT2D eigenvalue weighted by Crippen LogP contribution is -2.62. The van der Waals surface area contributed by atoms with Crippen molar-refractivity contribution in [3.8, 4) is 0 Å². The third-order valence-electron chi connectivity index (χ3n) is 1.45. The van der Waals surface area contributed by atoms with E-state index in [-0.39, 0.29) is 0 Å². The van der Waals surface area contributed by atoms with Gasteiger partial charge in [-0.3, -0.25) is 9.59 Å². The van der Waals surface area contributed by atoms with E-state index in [0.29, 0.717) is 0 Å². The van der Waals surface area contributed by atoms with E-state index in [1.54, 1.807) is 0 Å². The molecule has 1 aliphatic heterocycles. The topological polar surface area (TPSA) is 133 Å². The molecule has 0 saturated carbocycles. The first-order chi connectivity index (χ1) is 5.90. The van der Waals surface area contributed by atoms with Crippen LogP contribution < -0.4 is 10.6 Å². The monoisotopic (exact) mass is 188 g/mol. The zero-order valence-corrected chi connectivity index (χ0v) is 6.03. The second kappa shape index (κ2) is 2.44. The number of carbonyl (C=O) groups excluding carboxylic acids is 2. The molecule has 0 bridgehead atoms. The maximum Gasteiger partial charge on any atom is 0.362 e. The van der Waals surface area contributed by atoms with Crippen molar-refractivity contribution in [1.29, 1.82) is 0 Å². The SMILES string of the molecule is O=C1NC(C(=O)O)(C(=O)O)NC1=O. The van der Waals surface area contributed by atoms with E-state index < -0.39 is 29.4 Å². The largest absolute Gasteiger partial charge is 0.478 e. The van der Waals surface area contributed by atoms with Gasteiger partial charge in [0.15, 0.2) is 0 Å². The van der Waals surface area contributed by atoms with E-state index in [1.165, 1.54) is 10.6 Å². The second-order valence-corrected chi connectivity index (χ2v) is 2.27. The van der Waals surface area contributed by atoms with Crippen LogP contribution in [0.3, 0.4) is 0 Å². The van der Waals surface area contributed by atoms with Gasteiger partial charge < -0.3 is 20.8 Å². The highest BCUT2D eigenvalue weighted by molar-refractivity contribution is 6.40. The van der Waals surface area contributed by atoms with Crippen molar-refractivity contribution in [3.63, 3.8) is 0 Å². The zero-order valence-electron chi connectivity index (χ0n) is 6.03. The van der Waals surface area contributed by atoms with Crippen LogP contribution in [-0.2, 0) is 19.2 Å². The number of carboxylic acid groups (broad SMARTS) is 2. The van der Waals surface area contributed by atoms with E-state index in [0.717, 1.165) is 0 Å². The molecular formula is C5H4N2O6. The maximum absolute atomic E-state index is 10.5. The van der Waals surface area contributed by atoms with Gasteiger partial charge in [-0.05, 0) is 0 Å². The highest BCUT2D eigenvalue weighted by Gasteiger charge is 2.56. The number of carboxylic acids is 2. The average Bonchev–Trinajstić information content (AvgIpc) is 2.29. The number of carbonyl (C=O) groups is 4. The average molecular weight is 188 g/mol. The molecule has 1 saturated heterocycles. The summed E-state index contributed by atoms with van der Waals surface area (Å²) in [5.74, 6) is -6.30. The summed E-state index contributed by atoms with van der Waals surface area (Å²) in [5, 5.41) is 20.0. The zero-order chi connectivity index (χ0) is 10.2. The van der Waals surface area contributed by atoms with Crippen LogP contribution in [-0.4, -0.2) is 39.6 Å². The Morgan fingerprint density at radius 1 is 1.00 bits per heavy atom. The molecule has 0 aliphatic carbocycles. The summed E-state index contributed by atoms with van der Waals surface area (Å²) in [6.45, 7) is 0. The molecule has 0 aromatic carbocycles. The van der Waals surface area contributed by atoms with Gasteiger partial charge in [0.1, 0.15) is 0 Å². The van der Waals surface area contributed by atoms with Crippen molar-refractivity contribution in [1.82, 2.24) is 10.6 Å². The van der Waals surface area contributed by atoms with Crippen LogP contribution in [0.4, 0.5) is 0 Å². The van der Waals surface area contributed by atoms with Gasteiger partial charge in [0.25, 0.3) is 0 Å². The van der Waals surface area contributed by atoms with Gasteiger partial charge in [0.05, 0.1) is 0 Å². The van der Waals surface area contributed by atoms with Crippen LogP contribution in [0.25, 0.3) is 0 Å². The molecule has 1 aliphatic rings. The summed E-state index contributed by atoms with van der Waals surface area (Å²) in [6.07, 6.45) is 0. The van der Waals surface area contributed by atoms with Crippen molar-refractivity contribution >= 4 is 23.8 Å². The van der Waals surface area contributed by atoms with E-state index >= 15 is 0 Å². The summed E-state index contributed by atoms with van der Waals surface area (Å²) < 4.78 is 0. The summed E-state index contributed by atoms with van der Waals surface area (Å²) in [6, 6.07) is 0. The molecule has 8 heteroatoms. The van der Waals surface area contributed by atoms with Crippen LogP contribution in [0.1, 0.15) is 0 Å². The Kier molecular flexibility index (Phi) is 1.68. The van der Waals surface area contributed by atoms with Gasteiger partial charge in [-0.15, -0.1) is 0 Å². The fourth-order valence-electron chi connectivity index (χ4n) is 0.791. The Morgan fingerprint density at radius 2 is 1.31 bits per heavy atom. The predicted octanol–water partition coefficient (Wildman–Crippen LogP) is -2.90. The fourth-order valence-corrected chi connectivity index (χ4v) is 0.791. The number of aliphatic carboxylic acids is 2. The molecule has 0 atom stereocenters. The number of amides is 2. The summed E-state index contributed by atoms with van der Waals surface area (Å²) in [5.41, 5.74) is -2.73. The van der Waals surface area contributed by atoms with Gasteiger partial charge in [-0.25, -0.2) is 9.59 Å². The fraction of sp³-hybridized carbons (Fsp3) is 0.200. The maximum atomic E-state index is 10.5. The smallest absolute Gasteiger partial charge is 0.362 e. The molecule has 8 nitrogen and oxygen atoms in total. The number of rotatable bonds is 2. The molecule has 0 unspecified atom stereocenters. The third kappa shape index (κ3) is 1.08. The Balaban J connectivity index is 3.10. The van der Waals surface area contributed by atoms with Crippen molar-refractivity contribution < 1.29 is 29.4 Å². The first kappa shape index (κ1) is 8.97. The Morgan fingerprint density at radius 3 is 1.46 bits per heavy atom. The minimum atomic E-state index is -2.73. The first-order valence-electron chi connectivity index (χ1n) is 3.01. The molecule has 1 fully saturated rings. The minimum Gasteiger partial charge on any atom is -0.478 e. The van der Waals surface area contributed by atoms with Crippen LogP contribution in [0, 0.1) is 0 Å². The van der Waals surface area contributed by atoms with Gasteiger partial charge in [0.2, 0.25) is 0 Å². The Hall–Kier alpha value is -2.12. The predicted molar refractivity (Wildman–Crippen MR) is 34.3 cm³/mol. The highest BCUT2D eigenvalue weighted by Crippen LogP contribution is 2.06. The standard InChI is InChI=1S/C5H4N2O6/c8-1-2(9)7-5(6-1,3(10)11)4(12)13/h(H,6,8)(H,7,9)(H,10,11)(H,12,13).